The molecule has 0 bridgehead atoms. The van der Waals surface area contributed by atoms with Crippen molar-refractivity contribution in [1.82, 2.24) is 4.90 Å². The van der Waals surface area contributed by atoms with Crippen LogP contribution in [0.25, 0.3) is 6.08 Å². The summed E-state index contributed by atoms with van der Waals surface area (Å²) in [7, 11) is 1.50. The van der Waals surface area contributed by atoms with Crippen molar-refractivity contribution in [1.29, 1.82) is 0 Å². The van der Waals surface area contributed by atoms with Gasteiger partial charge in [-0.1, -0.05) is 6.07 Å². The number of hydrogen-bond acceptors (Lipinski definition) is 2. The Hall–Kier alpha value is -1.89. The lowest BCUT2D eigenvalue weighted by Crippen LogP contribution is -2.24. The highest BCUT2D eigenvalue weighted by molar-refractivity contribution is 5.85. The molecule has 116 valence electrons. The van der Waals surface area contributed by atoms with E-state index in [9.17, 15) is 22.4 Å². The highest BCUT2D eigenvalue weighted by Crippen LogP contribution is 2.20. The lowest BCUT2D eigenvalue weighted by molar-refractivity contribution is -0.137. The SMILES string of the molecule is CN(CCC(F)(F)F)Cc1cc(F)cc(C=CC(=O)O)c1. The normalized spacial score (nSPS) is 12.3. The Balaban J connectivity index is 2.72. The third-order valence-corrected chi connectivity index (χ3v) is 2.63. The zero-order chi connectivity index (χ0) is 16.0. The molecule has 0 heterocycles. The van der Waals surface area contributed by atoms with Gasteiger partial charge in [0.1, 0.15) is 5.82 Å². The highest BCUT2D eigenvalue weighted by Gasteiger charge is 2.27. The largest absolute Gasteiger partial charge is 0.478 e. The number of carbonyl (C=O) groups is 1. The molecule has 0 fully saturated rings. The standard InChI is InChI=1S/C14H15F4NO2/c1-19(5-4-14(16,17)18)9-11-6-10(2-3-13(20)21)7-12(15)8-11/h2-3,6-8H,4-5,9H2,1H3,(H,20,21). The van der Waals surface area contributed by atoms with Crippen molar-refractivity contribution in [3.63, 3.8) is 0 Å². The molecule has 0 unspecified atom stereocenters. The number of halogens is 4. The van der Waals surface area contributed by atoms with Gasteiger partial charge in [0.2, 0.25) is 0 Å². The number of benzene rings is 1. The molecule has 0 aliphatic rings. The van der Waals surface area contributed by atoms with Gasteiger partial charge in [-0.05, 0) is 36.4 Å². The number of aliphatic carboxylic acids is 1. The fourth-order valence-electron chi connectivity index (χ4n) is 1.74. The summed E-state index contributed by atoms with van der Waals surface area (Å²) in [5.74, 6) is -1.73. The number of carboxylic acid groups (broad SMARTS) is 1. The van der Waals surface area contributed by atoms with Gasteiger partial charge in [-0.15, -0.1) is 0 Å². The van der Waals surface area contributed by atoms with Crippen molar-refractivity contribution in [3.05, 3.63) is 41.2 Å². The molecule has 0 spiro atoms. The van der Waals surface area contributed by atoms with Gasteiger partial charge in [0, 0.05) is 19.2 Å². The second-order valence-electron chi connectivity index (χ2n) is 4.67. The summed E-state index contributed by atoms with van der Waals surface area (Å²) in [5.41, 5.74) is 0.821. The van der Waals surface area contributed by atoms with E-state index < -0.39 is 24.4 Å². The minimum atomic E-state index is -4.23. The second kappa shape index (κ2) is 7.21. The van der Waals surface area contributed by atoms with E-state index >= 15 is 0 Å². The predicted octanol–water partition coefficient (Wildman–Crippen LogP) is 3.31. The van der Waals surface area contributed by atoms with E-state index in [1.807, 2.05) is 0 Å². The van der Waals surface area contributed by atoms with Gasteiger partial charge in [0.05, 0.1) is 6.42 Å². The molecule has 21 heavy (non-hydrogen) atoms. The van der Waals surface area contributed by atoms with Crippen LogP contribution in [0.3, 0.4) is 0 Å². The van der Waals surface area contributed by atoms with Crippen molar-refractivity contribution < 1.29 is 27.5 Å². The number of carboxylic acids is 1. The van der Waals surface area contributed by atoms with Crippen LogP contribution in [-0.2, 0) is 11.3 Å². The van der Waals surface area contributed by atoms with Crippen molar-refractivity contribution in [2.24, 2.45) is 0 Å². The third kappa shape index (κ3) is 7.45. The second-order valence-corrected chi connectivity index (χ2v) is 4.67. The van der Waals surface area contributed by atoms with Crippen LogP contribution in [0.15, 0.2) is 24.3 Å². The third-order valence-electron chi connectivity index (χ3n) is 2.63. The minimum Gasteiger partial charge on any atom is -0.478 e. The quantitative estimate of drug-likeness (QED) is 0.647. The number of alkyl halides is 3. The van der Waals surface area contributed by atoms with Crippen molar-refractivity contribution >= 4 is 12.0 Å². The Labute approximate surface area is 119 Å². The first-order chi connectivity index (χ1) is 9.65. The molecule has 0 amide bonds. The van der Waals surface area contributed by atoms with Crippen molar-refractivity contribution in [3.8, 4) is 0 Å². The van der Waals surface area contributed by atoms with E-state index in [0.717, 1.165) is 12.1 Å². The molecule has 7 heteroatoms. The smallest absolute Gasteiger partial charge is 0.390 e. The summed E-state index contributed by atoms with van der Waals surface area (Å²) in [6.45, 7) is -0.0535. The fraction of sp³-hybridized carbons (Fsp3) is 0.357. The van der Waals surface area contributed by atoms with Gasteiger partial charge < -0.3 is 10.0 Å². The van der Waals surface area contributed by atoms with Crippen LogP contribution in [0.4, 0.5) is 17.6 Å². The molecule has 0 atom stereocenters. The molecule has 1 aromatic carbocycles. The van der Waals surface area contributed by atoms with Gasteiger partial charge in [-0.3, -0.25) is 0 Å². The van der Waals surface area contributed by atoms with Gasteiger partial charge in [0.15, 0.2) is 0 Å². The van der Waals surface area contributed by atoms with Crippen molar-refractivity contribution in [2.75, 3.05) is 13.6 Å². The average Bonchev–Trinajstić information content (AvgIpc) is 2.32. The topological polar surface area (TPSA) is 40.5 Å². The van der Waals surface area contributed by atoms with E-state index in [2.05, 4.69) is 0 Å². The van der Waals surface area contributed by atoms with Gasteiger partial charge >= 0.3 is 12.1 Å². The maximum Gasteiger partial charge on any atom is 0.390 e. The Bertz CT molecular complexity index is 526. The molecule has 1 rings (SSSR count). The van der Waals surface area contributed by atoms with Crippen LogP contribution in [0, 0.1) is 5.82 Å². The predicted molar refractivity (Wildman–Crippen MR) is 70.1 cm³/mol. The van der Waals surface area contributed by atoms with E-state index in [1.54, 1.807) is 0 Å². The Morgan fingerprint density at radius 2 is 2.00 bits per heavy atom. The van der Waals surface area contributed by atoms with E-state index in [1.165, 1.54) is 30.2 Å². The van der Waals surface area contributed by atoms with Crippen molar-refractivity contribution in [2.45, 2.75) is 19.1 Å². The number of rotatable bonds is 6. The molecule has 3 nitrogen and oxygen atoms in total. The van der Waals surface area contributed by atoms with Crippen LogP contribution in [-0.4, -0.2) is 35.7 Å². The summed E-state index contributed by atoms with van der Waals surface area (Å²) in [4.78, 5) is 11.8. The Morgan fingerprint density at radius 3 is 2.57 bits per heavy atom. The molecule has 0 saturated carbocycles. The van der Waals surface area contributed by atoms with Crippen LogP contribution in [0.5, 0.6) is 0 Å². The van der Waals surface area contributed by atoms with Crippen LogP contribution in [0.2, 0.25) is 0 Å². The van der Waals surface area contributed by atoms with Gasteiger partial charge in [-0.2, -0.15) is 13.2 Å². The monoisotopic (exact) mass is 305 g/mol. The van der Waals surface area contributed by atoms with E-state index in [4.69, 9.17) is 5.11 Å². The van der Waals surface area contributed by atoms with E-state index in [-0.39, 0.29) is 13.1 Å². The first kappa shape index (κ1) is 17.2. The molecule has 0 radical (unpaired) electrons. The Morgan fingerprint density at radius 1 is 1.33 bits per heavy atom. The minimum absolute atomic E-state index is 0.141. The summed E-state index contributed by atoms with van der Waals surface area (Å²) in [5, 5.41) is 8.51. The number of nitrogens with zero attached hydrogens (tertiary/aromatic N) is 1. The van der Waals surface area contributed by atoms with Gasteiger partial charge in [-0.25, -0.2) is 9.18 Å². The lowest BCUT2D eigenvalue weighted by atomic mass is 10.1. The molecule has 0 saturated heterocycles. The highest BCUT2D eigenvalue weighted by atomic mass is 19.4. The van der Waals surface area contributed by atoms with E-state index in [0.29, 0.717) is 11.1 Å². The molecular formula is C14H15F4NO2. The fourth-order valence-corrected chi connectivity index (χ4v) is 1.74. The average molecular weight is 305 g/mol. The molecule has 1 aromatic rings. The molecule has 0 aromatic heterocycles. The zero-order valence-electron chi connectivity index (χ0n) is 11.3. The first-order valence-electron chi connectivity index (χ1n) is 6.11. The molecular weight excluding hydrogens is 290 g/mol. The number of hydrogen-bond donors (Lipinski definition) is 1. The molecule has 1 N–H and O–H groups in total. The summed E-state index contributed by atoms with van der Waals surface area (Å²) >= 11 is 0. The molecule has 0 aliphatic carbocycles. The van der Waals surface area contributed by atoms with Gasteiger partial charge in [0.25, 0.3) is 0 Å². The van der Waals surface area contributed by atoms with Crippen LogP contribution < -0.4 is 0 Å². The summed E-state index contributed by atoms with van der Waals surface area (Å²) < 4.78 is 49.7. The van der Waals surface area contributed by atoms with Crippen LogP contribution >= 0.6 is 0 Å². The van der Waals surface area contributed by atoms with Crippen LogP contribution in [0.1, 0.15) is 17.5 Å². The maximum absolute atomic E-state index is 13.4. The maximum atomic E-state index is 13.4. The lowest BCUT2D eigenvalue weighted by Gasteiger charge is -2.18. The zero-order valence-corrected chi connectivity index (χ0v) is 11.3. The summed E-state index contributed by atoms with van der Waals surface area (Å²) in [6, 6.07) is 3.90. The Kier molecular flexibility index (Phi) is 5.90. The summed E-state index contributed by atoms with van der Waals surface area (Å²) in [6.07, 6.45) is -3.08. The first-order valence-corrected chi connectivity index (χ1v) is 6.11. The molecule has 0 aliphatic heterocycles.